The molecule has 1 aromatic rings. The van der Waals surface area contributed by atoms with Crippen molar-refractivity contribution in [3.63, 3.8) is 0 Å². The summed E-state index contributed by atoms with van der Waals surface area (Å²) in [5.41, 5.74) is -4.13. The first-order chi connectivity index (χ1) is 13.8. The van der Waals surface area contributed by atoms with E-state index >= 15 is 0 Å². The van der Waals surface area contributed by atoms with Gasteiger partial charge in [0.25, 0.3) is 0 Å². The summed E-state index contributed by atoms with van der Waals surface area (Å²) < 4.78 is 5.10. The molecular weight excluding hydrogens is 372 g/mol. The third kappa shape index (κ3) is 2.42. The second-order valence-electron chi connectivity index (χ2n) is 6.47. The van der Waals surface area contributed by atoms with Crippen molar-refractivity contribution in [2.45, 2.75) is 19.6 Å². The molecule has 3 rings (SSSR count). The standard InChI is InChI=1S/C21H16N4O4/c1-3-29-19(27)18-13(2)25(15-6-4-14(10-22)5-7-15)21(28)9-8-17(26)16(11-23)20(18,21)12-24/h4-9,26,28H,3H2,1-2H3. The number of aliphatic hydroxyl groups is 2. The van der Waals surface area contributed by atoms with Crippen LogP contribution in [-0.2, 0) is 9.53 Å². The Hall–Kier alpha value is -4.06. The molecule has 2 aliphatic rings. The van der Waals surface area contributed by atoms with Crippen molar-refractivity contribution in [1.29, 1.82) is 15.8 Å². The Morgan fingerprint density at radius 3 is 2.38 bits per heavy atom. The molecule has 1 heterocycles. The molecule has 0 bridgehead atoms. The maximum Gasteiger partial charge on any atom is 0.338 e. The molecule has 2 unspecified atom stereocenters. The van der Waals surface area contributed by atoms with Gasteiger partial charge in [-0.3, -0.25) is 0 Å². The number of hydrogen-bond donors (Lipinski definition) is 2. The topological polar surface area (TPSA) is 141 Å². The van der Waals surface area contributed by atoms with E-state index in [0.29, 0.717) is 11.3 Å². The van der Waals surface area contributed by atoms with Crippen molar-refractivity contribution < 1.29 is 19.7 Å². The minimum atomic E-state index is -2.20. The van der Waals surface area contributed by atoms with Crippen LogP contribution in [0.3, 0.4) is 0 Å². The number of benzene rings is 1. The molecule has 29 heavy (non-hydrogen) atoms. The van der Waals surface area contributed by atoms with Gasteiger partial charge in [0.2, 0.25) is 0 Å². The lowest BCUT2D eigenvalue weighted by molar-refractivity contribution is -0.140. The first-order valence-corrected chi connectivity index (χ1v) is 8.67. The smallest absolute Gasteiger partial charge is 0.338 e. The summed E-state index contributed by atoms with van der Waals surface area (Å²) in [5, 5.41) is 50.8. The normalized spacial score (nSPS) is 25.2. The van der Waals surface area contributed by atoms with Gasteiger partial charge in [0.15, 0.2) is 11.1 Å². The Bertz CT molecular complexity index is 1110. The van der Waals surface area contributed by atoms with E-state index < -0.39 is 28.4 Å². The lowest BCUT2D eigenvalue weighted by atomic mass is 9.66. The minimum absolute atomic E-state index is 0.0137. The molecule has 8 heteroatoms. The van der Waals surface area contributed by atoms with Crippen molar-refractivity contribution >= 4 is 11.7 Å². The van der Waals surface area contributed by atoms with Crippen LogP contribution in [0.4, 0.5) is 5.69 Å². The van der Waals surface area contributed by atoms with Gasteiger partial charge in [0, 0.05) is 11.4 Å². The monoisotopic (exact) mass is 388 g/mol. The molecule has 0 amide bonds. The molecule has 1 aliphatic heterocycles. The SMILES string of the molecule is CCOC(=O)C1=C(C)N(c2ccc(C#N)cc2)C2(O)C=CC(O)=C(C#N)C12C#N. The third-order valence-corrected chi connectivity index (χ3v) is 5.08. The summed E-state index contributed by atoms with van der Waals surface area (Å²) in [7, 11) is 0. The zero-order valence-electron chi connectivity index (χ0n) is 15.7. The van der Waals surface area contributed by atoms with E-state index in [1.807, 2.05) is 12.1 Å². The molecule has 0 fully saturated rings. The summed E-state index contributed by atoms with van der Waals surface area (Å²) in [6.45, 7) is 3.12. The third-order valence-electron chi connectivity index (χ3n) is 5.08. The van der Waals surface area contributed by atoms with Gasteiger partial charge in [-0.1, -0.05) is 0 Å². The Morgan fingerprint density at radius 1 is 1.21 bits per heavy atom. The van der Waals surface area contributed by atoms with Crippen LogP contribution in [0.1, 0.15) is 19.4 Å². The molecule has 1 aliphatic carbocycles. The fraction of sp³-hybridized carbons (Fsp3) is 0.238. The number of nitriles is 3. The minimum Gasteiger partial charge on any atom is -0.507 e. The lowest BCUT2D eigenvalue weighted by Crippen LogP contribution is -2.56. The second kappa shape index (κ2) is 6.83. The van der Waals surface area contributed by atoms with E-state index in [4.69, 9.17) is 10.00 Å². The van der Waals surface area contributed by atoms with Gasteiger partial charge in [-0.15, -0.1) is 0 Å². The zero-order chi connectivity index (χ0) is 21.4. The van der Waals surface area contributed by atoms with Crippen molar-refractivity contribution in [1.82, 2.24) is 0 Å². The molecule has 0 radical (unpaired) electrons. The van der Waals surface area contributed by atoms with Crippen LogP contribution < -0.4 is 4.90 Å². The number of ether oxygens (including phenoxy) is 1. The Balaban J connectivity index is 2.37. The first kappa shape index (κ1) is 19.7. The van der Waals surface area contributed by atoms with Gasteiger partial charge >= 0.3 is 5.97 Å². The van der Waals surface area contributed by atoms with Gasteiger partial charge < -0.3 is 19.8 Å². The summed E-state index contributed by atoms with van der Waals surface area (Å²) >= 11 is 0. The van der Waals surface area contributed by atoms with Gasteiger partial charge in [-0.2, -0.15) is 15.8 Å². The molecule has 0 saturated carbocycles. The average Bonchev–Trinajstić information content (AvgIpc) is 2.92. The highest BCUT2D eigenvalue weighted by atomic mass is 16.5. The number of carbonyl (C=O) groups excluding carboxylic acids is 1. The Kier molecular flexibility index (Phi) is 4.64. The van der Waals surface area contributed by atoms with E-state index in [0.717, 1.165) is 6.08 Å². The predicted molar refractivity (Wildman–Crippen MR) is 100 cm³/mol. The number of fused-ring (bicyclic) bond motifs is 1. The van der Waals surface area contributed by atoms with E-state index in [1.54, 1.807) is 25.1 Å². The summed E-state index contributed by atoms with van der Waals surface area (Å²) in [6.07, 6.45) is 2.28. The number of hydrogen-bond acceptors (Lipinski definition) is 8. The van der Waals surface area contributed by atoms with Gasteiger partial charge in [-0.25, -0.2) is 4.79 Å². The molecule has 0 saturated heterocycles. The van der Waals surface area contributed by atoms with Crippen LogP contribution in [0, 0.1) is 39.4 Å². The first-order valence-electron chi connectivity index (χ1n) is 8.67. The number of allylic oxidation sites excluding steroid dienone is 2. The summed E-state index contributed by atoms with van der Waals surface area (Å²) in [4.78, 5) is 14.1. The van der Waals surface area contributed by atoms with Crippen molar-refractivity contribution in [2.24, 2.45) is 5.41 Å². The predicted octanol–water partition coefficient (Wildman–Crippen LogP) is 2.32. The largest absolute Gasteiger partial charge is 0.507 e. The molecule has 2 N–H and O–H groups in total. The Morgan fingerprint density at radius 2 is 1.86 bits per heavy atom. The van der Waals surface area contributed by atoms with Crippen LogP contribution in [0.25, 0.3) is 0 Å². The molecule has 1 aromatic carbocycles. The van der Waals surface area contributed by atoms with Crippen LogP contribution >= 0.6 is 0 Å². The molecule has 2 atom stereocenters. The summed E-state index contributed by atoms with van der Waals surface area (Å²) in [6, 6.07) is 11.8. The highest BCUT2D eigenvalue weighted by Gasteiger charge is 2.68. The zero-order valence-corrected chi connectivity index (χ0v) is 15.7. The number of carbonyl (C=O) groups is 1. The van der Waals surface area contributed by atoms with E-state index in [1.165, 1.54) is 30.0 Å². The fourth-order valence-corrected chi connectivity index (χ4v) is 3.88. The van der Waals surface area contributed by atoms with E-state index in [-0.39, 0.29) is 17.9 Å². The number of rotatable bonds is 3. The van der Waals surface area contributed by atoms with Gasteiger partial charge in [-0.05, 0) is 50.3 Å². The van der Waals surface area contributed by atoms with Crippen molar-refractivity contribution in [3.8, 4) is 18.2 Å². The average molecular weight is 388 g/mol. The molecule has 0 aromatic heterocycles. The van der Waals surface area contributed by atoms with Crippen LogP contribution in [0.2, 0.25) is 0 Å². The fourth-order valence-electron chi connectivity index (χ4n) is 3.88. The molecule has 8 nitrogen and oxygen atoms in total. The maximum atomic E-state index is 12.8. The second-order valence-corrected chi connectivity index (χ2v) is 6.47. The number of esters is 1. The maximum absolute atomic E-state index is 12.8. The number of anilines is 1. The summed E-state index contributed by atoms with van der Waals surface area (Å²) in [5.74, 6) is -1.40. The van der Waals surface area contributed by atoms with Crippen molar-refractivity contribution in [3.05, 3.63) is 64.6 Å². The molecule has 0 spiro atoms. The highest BCUT2D eigenvalue weighted by Crippen LogP contribution is 2.58. The molecular formula is C21H16N4O4. The Labute approximate surface area is 167 Å². The van der Waals surface area contributed by atoms with Crippen molar-refractivity contribution in [2.75, 3.05) is 11.5 Å². The van der Waals surface area contributed by atoms with Crippen LogP contribution in [0.5, 0.6) is 0 Å². The van der Waals surface area contributed by atoms with Crippen LogP contribution in [0.15, 0.2) is 59.0 Å². The van der Waals surface area contributed by atoms with Gasteiger partial charge in [0.05, 0.1) is 29.9 Å². The highest BCUT2D eigenvalue weighted by molar-refractivity contribution is 5.97. The quantitative estimate of drug-likeness (QED) is 0.751. The van der Waals surface area contributed by atoms with E-state index in [9.17, 15) is 25.5 Å². The van der Waals surface area contributed by atoms with E-state index in [2.05, 4.69) is 0 Å². The van der Waals surface area contributed by atoms with Crippen LogP contribution in [-0.4, -0.2) is 28.5 Å². The van der Waals surface area contributed by atoms with Gasteiger partial charge in [0.1, 0.15) is 17.4 Å². The number of nitrogens with zero attached hydrogens (tertiary/aromatic N) is 4. The number of aliphatic hydroxyl groups excluding tert-OH is 1. The molecule has 144 valence electrons. The lowest BCUT2D eigenvalue weighted by Gasteiger charge is -2.43.